The standard InChI is InChI=1S/C7H14FN3/c8-3-1-2-4-11-6-7(10)5-9/h5-6H,1-4,9-10H2. The highest BCUT2D eigenvalue weighted by molar-refractivity contribution is 5.76. The summed E-state index contributed by atoms with van der Waals surface area (Å²) in [5.74, 6) is 0. The number of hydrogen-bond acceptors (Lipinski definition) is 3. The summed E-state index contributed by atoms with van der Waals surface area (Å²) in [4.78, 5) is 3.91. The van der Waals surface area contributed by atoms with Crippen LogP contribution in [0.15, 0.2) is 16.9 Å². The van der Waals surface area contributed by atoms with Gasteiger partial charge in [0.05, 0.1) is 12.4 Å². The molecular weight excluding hydrogens is 145 g/mol. The van der Waals surface area contributed by atoms with E-state index in [1.165, 1.54) is 12.4 Å². The van der Waals surface area contributed by atoms with Crippen LogP contribution in [0, 0.1) is 0 Å². The predicted octanol–water partition coefficient (Wildman–Crippen LogP) is 0.566. The van der Waals surface area contributed by atoms with Crippen LogP contribution in [0.5, 0.6) is 0 Å². The lowest BCUT2D eigenvalue weighted by Crippen LogP contribution is -2.01. The van der Waals surface area contributed by atoms with Gasteiger partial charge < -0.3 is 11.5 Å². The molecule has 0 aliphatic heterocycles. The van der Waals surface area contributed by atoms with Crippen molar-refractivity contribution in [1.82, 2.24) is 0 Å². The van der Waals surface area contributed by atoms with Gasteiger partial charge in [0.15, 0.2) is 0 Å². The Morgan fingerprint density at radius 3 is 2.73 bits per heavy atom. The molecule has 0 heterocycles. The lowest BCUT2D eigenvalue weighted by Gasteiger charge is -1.91. The summed E-state index contributed by atoms with van der Waals surface area (Å²) in [6, 6.07) is 0. The van der Waals surface area contributed by atoms with E-state index in [1.807, 2.05) is 0 Å². The van der Waals surface area contributed by atoms with Crippen LogP contribution in [0.1, 0.15) is 12.8 Å². The Labute approximate surface area is 66.0 Å². The minimum Gasteiger partial charge on any atom is -0.403 e. The van der Waals surface area contributed by atoms with Crippen LogP contribution in [-0.4, -0.2) is 19.4 Å². The largest absolute Gasteiger partial charge is 0.403 e. The summed E-state index contributed by atoms with van der Waals surface area (Å²) in [7, 11) is 0. The van der Waals surface area contributed by atoms with E-state index in [4.69, 9.17) is 11.5 Å². The Hall–Kier alpha value is -1.06. The maximum atomic E-state index is 11.5. The molecule has 4 N–H and O–H groups in total. The molecule has 0 bridgehead atoms. The van der Waals surface area contributed by atoms with Crippen molar-refractivity contribution in [2.75, 3.05) is 13.2 Å². The smallest absolute Gasteiger partial charge is 0.0895 e. The van der Waals surface area contributed by atoms with Crippen LogP contribution in [0.25, 0.3) is 0 Å². The minimum absolute atomic E-state index is 0.280. The lowest BCUT2D eigenvalue weighted by atomic mass is 10.3. The van der Waals surface area contributed by atoms with Crippen LogP contribution >= 0.6 is 0 Å². The Morgan fingerprint density at radius 2 is 2.18 bits per heavy atom. The summed E-state index contributed by atoms with van der Waals surface area (Å²) in [6.45, 7) is 0.330. The van der Waals surface area contributed by atoms with Gasteiger partial charge in [-0.25, -0.2) is 0 Å². The van der Waals surface area contributed by atoms with Crippen molar-refractivity contribution < 1.29 is 4.39 Å². The maximum Gasteiger partial charge on any atom is 0.0895 e. The molecule has 0 aliphatic carbocycles. The first-order chi connectivity index (χ1) is 5.31. The second-order valence-electron chi connectivity index (χ2n) is 2.10. The van der Waals surface area contributed by atoms with E-state index in [1.54, 1.807) is 0 Å². The Bertz CT molecular complexity index is 143. The van der Waals surface area contributed by atoms with E-state index in [-0.39, 0.29) is 6.67 Å². The molecule has 0 rings (SSSR count). The molecule has 64 valence electrons. The first kappa shape index (κ1) is 9.94. The van der Waals surface area contributed by atoms with Crippen LogP contribution in [0.4, 0.5) is 4.39 Å². The zero-order valence-electron chi connectivity index (χ0n) is 6.46. The Kier molecular flexibility index (Phi) is 6.37. The van der Waals surface area contributed by atoms with Crippen molar-refractivity contribution in [3.63, 3.8) is 0 Å². The Morgan fingerprint density at radius 1 is 1.45 bits per heavy atom. The van der Waals surface area contributed by atoms with Gasteiger partial charge in [-0.1, -0.05) is 0 Å². The monoisotopic (exact) mass is 159 g/mol. The molecule has 0 saturated carbocycles. The predicted molar refractivity (Wildman–Crippen MR) is 45.0 cm³/mol. The summed E-state index contributed by atoms with van der Waals surface area (Å²) in [5.41, 5.74) is 10.8. The first-order valence-electron chi connectivity index (χ1n) is 3.54. The normalized spacial score (nSPS) is 12.6. The number of halogens is 1. The molecule has 0 aliphatic rings. The molecule has 0 fully saturated rings. The number of alkyl halides is 1. The van der Waals surface area contributed by atoms with Crippen LogP contribution in [-0.2, 0) is 0 Å². The van der Waals surface area contributed by atoms with Crippen molar-refractivity contribution in [3.8, 4) is 0 Å². The second kappa shape index (κ2) is 7.05. The lowest BCUT2D eigenvalue weighted by molar-refractivity contribution is 0.464. The van der Waals surface area contributed by atoms with Crippen molar-refractivity contribution in [2.24, 2.45) is 16.5 Å². The van der Waals surface area contributed by atoms with E-state index in [0.717, 1.165) is 6.42 Å². The van der Waals surface area contributed by atoms with Crippen LogP contribution in [0.2, 0.25) is 0 Å². The van der Waals surface area contributed by atoms with Gasteiger partial charge in [0.1, 0.15) is 0 Å². The number of nitrogens with two attached hydrogens (primary N) is 2. The van der Waals surface area contributed by atoms with Gasteiger partial charge in [0.25, 0.3) is 0 Å². The molecule has 0 aromatic carbocycles. The second-order valence-corrected chi connectivity index (χ2v) is 2.10. The highest BCUT2D eigenvalue weighted by atomic mass is 19.1. The molecule has 0 amide bonds. The number of allylic oxidation sites excluding steroid dienone is 1. The van der Waals surface area contributed by atoms with Gasteiger partial charge in [0.2, 0.25) is 0 Å². The number of nitrogens with zero attached hydrogens (tertiary/aromatic N) is 1. The van der Waals surface area contributed by atoms with E-state index in [2.05, 4.69) is 4.99 Å². The van der Waals surface area contributed by atoms with Gasteiger partial charge in [-0.3, -0.25) is 9.38 Å². The fourth-order valence-electron chi connectivity index (χ4n) is 0.511. The van der Waals surface area contributed by atoms with E-state index in [0.29, 0.717) is 18.7 Å². The van der Waals surface area contributed by atoms with Gasteiger partial charge >= 0.3 is 0 Å². The molecule has 0 radical (unpaired) electrons. The quantitative estimate of drug-likeness (QED) is 0.455. The van der Waals surface area contributed by atoms with Crippen molar-refractivity contribution >= 4 is 6.21 Å². The van der Waals surface area contributed by atoms with Crippen LogP contribution in [0.3, 0.4) is 0 Å². The molecule has 0 aromatic heterocycles. The van der Waals surface area contributed by atoms with Gasteiger partial charge in [0, 0.05) is 19.0 Å². The summed E-state index contributed by atoms with van der Waals surface area (Å²) >= 11 is 0. The fourth-order valence-corrected chi connectivity index (χ4v) is 0.511. The average molecular weight is 159 g/mol. The minimum atomic E-state index is -0.280. The number of unbranched alkanes of at least 4 members (excludes halogenated alkanes) is 1. The molecule has 11 heavy (non-hydrogen) atoms. The molecule has 0 atom stereocenters. The molecular formula is C7H14FN3. The number of rotatable bonds is 5. The van der Waals surface area contributed by atoms with Crippen LogP contribution < -0.4 is 11.5 Å². The molecule has 0 saturated heterocycles. The van der Waals surface area contributed by atoms with Crippen molar-refractivity contribution in [2.45, 2.75) is 12.8 Å². The number of hydrogen-bond donors (Lipinski definition) is 2. The average Bonchev–Trinajstić information content (AvgIpc) is 2.04. The summed E-state index contributed by atoms with van der Waals surface area (Å²) < 4.78 is 11.5. The maximum absolute atomic E-state index is 11.5. The molecule has 3 nitrogen and oxygen atoms in total. The molecule has 4 heteroatoms. The zero-order chi connectivity index (χ0) is 8.53. The van der Waals surface area contributed by atoms with E-state index >= 15 is 0 Å². The number of aliphatic imine (C=N–C) groups is 1. The summed E-state index contributed by atoms with van der Waals surface area (Å²) in [5, 5.41) is 0. The third kappa shape index (κ3) is 6.83. The highest BCUT2D eigenvalue weighted by Gasteiger charge is 1.84. The Balaban J connectivity index is 3.30. The third-order valence-corrected chi connectivity index (χ3v) is 1.10. The van der Waals surface area contributed by atoms with Gasteiger partial charge in [-0.2, -0.15) is 0 Å². The molecule has 0 aromatic rings. The van der Waals surface area contributed by atoms with Crippen molar-refractivity contribution in [3.05, 3.63) is 11.9 Å². The first-order valence-corrected chi connectivity index (χ1v) is 3.54. The van der Waals surface area contributed by atoms with E-state index in [9.17, 15) is 4.39 Å². The van der Waals surface area contributed by atoms with E-state index < -0.39 is 0 Å². The van der Waals surface area contributed by atoms with Gasteiger partial charge in [-0.15, -0.1) is 0 Å². The topological polar surface area (TPSA) is 64.4 Å². The zero-order valence-corrected chi connectivity index (χ0v) is 6.46. The van der Waals surface area contributed by atoms with Crippen molar-refractivity contribution in [1.29, 1.82) is 0 Å². The highest BCUT2D eigenvalue weighted by Crippen LogP contribution is 1.89. The molecule has 0 spiro atoms. The fraction of sp³-hybridized carbons (Fsp3) is 0.571. The van der Waals surface area contributed by atoms with Gasteiger partial charge in [-0.05, 0) is 12.8 Å². The summed E-state index contributed by atoms with van der Waals surface area (Å²) in [6.07, 6.45) is 4.07. The molecule has 0 unspecified atom stereocenters. The SMILES string of the molecule is NC=C(N)C=NCCCCF. The third-order valence-electron chi connectivity index (χ3n) is 1.10.